The van der Waals surface area contributed by atoms with Crippen molar-refractivity contribution in [2.75, 3.05) is 6.61 Å². The number of hydrogen-bond donors (Lipinski definition) is 0. The van der Waals surface area contributed by atoms with Gasteiger partial charge in [-0.15, -0.1) is 0 Å². The Morgan fingerprint density at radius 2 is 1.36 bits per heavy atom. The number of alkyl halides is 7. The second-order valence-corrected chi connectivity index (χ2v) is 11.9. The molecule has 0 N–H and O–H groups in total. The minimum Gasteiger partial charge on any atom is -0.378 e. The van der Waals surface area contributed by atoms with Crippen molar-refractivity contribution >= 4 is 0 Å². The van der Waals surface area contributed by atoms with E-state index in [4.69, 9.17) is 4.74 Å². The van der Waals surface area contributed by atoms with Crippen molar-refractivity contribution in [3.05, 3.63) is 0 Å². The number of ether oxygens (including phenoxy) is 2. The van der Waals surface area contributed by atoms with Crippen molar-refractivity contribution in [3.8, 4) is 0 Å². The zero-order valence-corrected chi connectivity index (χ0v) is 21.2. The van der Waals surface area contributed by atoms with Gasteiger partial charge in [-0.2, -0.15) is 8.78 Å². The van der Waals surface area contributed by atoms with E-state index in [0.29, 0.717) is 11.8 Å². The van der Waals surface area contributed by atoms with Gasteiger partial charge in [0, 0.05) is 18.9 Å². The predicted molar refractivity (Wildman–Crippen MR) is 122 cm³/mol. The lowest BCUT2D eigenvalue weighted by Crippen LogP contribution is -2.54. The Kier molecular flexibility index (Phi) is 9.22. The van der Waals surface area contributed by atoms with Crippen LogP contribution in [0.15, 0.2) is 0 Å². The van der Waals surface area contributed by atoms with E-state index in [-0.39, 0.29) is 30.8 Å². The maximum atomic E-state index is 15.1. The molecule has 4 rings (SSSR count). The van der Waals surface area contributed by atoms with Gasteiger partial charge in [-0.05, 0) is 75.0 Å². The Hall–Kier alpha value is -0.570. The zero-order chi connectivity index (χ0) is 26.2. The van der Waals surface area contributed by atoms with E-state index in [2.05, 4.69) is 11.7 Å². The van der Waals surface area contributed by atoms with Crippen LogP contribution in [0.5, 0.6) is 0 Å². The highest BCUT2D eigenvalue weighted by Crippen LogP contribution is 2.49. The van der Waals surface area contributed by atoms with Crippen LogP contribution >= 0.6 is 0 Å². The maximum Gasteiger partial charge on any atom is 0.364 e. The molecule has 1 heterocycles. The van der Waals surface area contributed by atoms with Crippen LogP contribution < -0.4 is 0 Å². The molecule has 0 spiro atoms. The zero-order valence-electron chi connectivity index (χ0n) is 21.2. The summed E-state index contributed by atoms with van der Waals surface area (Å²) in [5, 5.41) is 0. The molecule has 0 radical (unpaired) electrons. The molecule has 4 fully saturated rings. The van der Waals surface area contributed by atoms with E-state index in [1.807, 2.05) is 0 Å². The van der Waals surface area contributed by atoms with E-state index in [0.717, 1.165) is 52.1 Å². The van der Waals surface area contributed by atoms with Crippen LogP contribution in [0.3, 0.4) is 0 Å². The standard InChI is InChI=1S/C27H41F7O2/c1-3-15-4-9-22(35-13-15)17-7-5-16(6-8-17)18-10-19(28)24(20(29)11-18)27(33,34)36-23-12-21(30)26(32)25(31)14(23)2/h14-26H,3-13H2,1-2H3. The van der Waals surface area contributed by atoms with Crippen molar-refractivity contribution in [3.63, 3.8) is 0 Å². The lowest BCUT2D eigenvalue weighted by molar-refractivity contribution is -0.330. The third kappa shape index (κ3) is 6.02. The van der Waals surface area contributed by atoms with Gasteiger partial charge in [-0.1, -0.05) is 20.3 Å². The third-order valence-electron chi connectivity index (χ3n) is 9.72. The normalized spacial score (nSPS) is 49.1. The first-order valence-corrected chi connectivity index (χ1v) is 13.9. The lowest BCUT2D eigenvalue weighted by Gasteiger charge is -2.45. The Morgan fingerprint density at radius 3 is 1.92 bits per heavy atom. The molecule has 4 aliphatic rings. The molecule has 0 amide bonds. The van der Waals surface area contributed by atoms with Crippen LogP contribution in [-0.4, -0.2) is 55.8 Å². The van der Waals surface area contributed by atoms with E-state index >= 15 is 8.78 Å². The largest absolute Gasteiger partial charge is 0.378 e. The topological polar surface area (TPSA) is 18.5 Å². The highest BCUT2D eigenvalue weighted by molar-refractivity contribution is 4.97. The van der Waals surface area contributed by atoms with Crippen molar-refractivity contribution in [2.45, 2.75) is 127 Å². The average Bonchev–Trinajstić information content (AvgIpc) is 2.85. The first-order valence-electron chi connectivity index (χ1n) is 13.9. The van der Waals surface area contributed by atoms with Crippen LogP contribution in [0.2, 0.25) is 0 Å². The Bertz CT molecular complexity index is 684. The first kappa shape index (κ1) is 28.4. The molecule has 0 aromatic heterocycles. The summed E-state index contributed by atoms with van der Waals surface area (Å²) < 4.78 is 112. The predicted octanol–water partition coefficient (Wildman–Crippen LogP) is 7.73. The van der Waals surface area contributed by atoms with Crippen molar-refractivity contribution < 1.29 is 40.2 Å². The van der Waals surface area contributed by atoms with Crippen LogP contribution in [-0.2, 0) is 9.47 Å². The summed E-state index contributed by atoms with van der Waals surface area (Å²) in [7, 11) is 0. The highest BCUT2D eigenvalue weighted by Gasteiger charge is 2.57. The van der Waals surface area contributed by atoms with E-state index < -0.39 is 61.3 Å². The quantitative estimate of drug-likeness (QED) is 0.327. The molecule has 9 unspecified atom stereocenters. The summed E-state index contributed by atoms with van der Waals surface area (Å²) >= 11 is 0. The molecule has 1 aliphatic heterocycles. The fraction of sp³-hybridized carbons (Fsp3) is 1.00. The van der Waals surface area contributed by atoms with Crippen molar-refractivity contribution in [1.29, 1.82) is 0 Å². The Labute approximate surface area is 210 Å². The van der Waals surface area contributed by atoms with Gasteiger partial charge in [-0.3, -0.25) is 0 Å². The molecule has 0 aromatic rings. The van der Waals surface area contributed by atoms with Crippen LogP contribution in [0.25, 0.3) is 0 Å². The summed E-state index contributed by atoms with van der Waals surface area (Å²) in [6.07, 6.45) is -11.3. The molecule has 9 atom stereocenters. The molecule has 9 heteroatoms. The summed E-state index contributed by atoms with van der Waals surface area (Å²) in [6, 6.07) is 0. The average molecular weight is 531 g/mol. The molecule has 3 aliphatic carbocycles. The van der Waals surface area contributed by atoms with Gasteiger partial charge < -0.3 is 9.47 Å². The summed E-state index contributed by atoms with van der Waals surface area (Å²) in [6.45, 7) is 4.11. The minimum atomic E-state index is -4.24. The first-order chi connectivity index (χ1) is 17.0. The van der Waals surface area contributed by atoms with E-state index in [1.54, 1.807) is 0 Å². The maximum absolute atomic E-state index is 15.1. The van der Waals surface area contributed by atoms with Crippen LogP contribution in [0, 0.1) is 35.5 Å². The van der Waals surface area contributed by atoms with Crippen LogP contribution in [0.4, 0.5) is 30.7 Å². The summed E-state index contributed by atoms with van der Waals surface area (Å²) in [4.78, 5) is 0. The van der Waals surface area contributed by atoms with Crippen molar-refractivity contribution in [2.24, 2.45) is 35.5 Å². The van der Waals surface area contributed by atoms with Gasteiger partial charge in [0.2, 0.25) is 0 Å². The summed E-state index contributed by atoms with van der Waals surface area (Å²) in [5.41, 5.74) is 0. The number of halogens is 7. The van der Waals surface area contributed by atoms with Gasteiger partial charge in [-0.25, -0.2) is 22.0 Å². The smallest absolute Gasteiger partial charge is 0.364 e. The van der Waals surface area contributed by atoms with Gasteiger partial charge in [0.15, 0.2) is 6.17 Å². The Morgan fingerprint density at radius 1 is 0.750 bits per heavy atom. The SMILES string of the molecule is CCC1CCC(C2CCC(C3CC(F)C(C(F)(F)OC4CC(F)C(F)C(F)C4C)C(F)C3)CC2)OC1. The Balaban J connectivity index is 1.30. The second kappa shape index (κ2) is 11.7. The molecule has 1 saturated heterocycles. The molecule has 3 saturated carbocycles. The molecular formula is C27H41F7O2. The fourth-order valence-corrected chi connectivity index (χ4v) is 7.21. The van der Waals surface area contributed by atoms with Crippen LogP contribution in [0.1, 0.15) is 78.1 Å². The van der Waals surface area contributed by atoms with Gasteiger partial charge in [0.05, 0.1) is 12.2 Å². The highest BCUT2D eigenvalue weighted by atomic mass is 19.3. The number of hydrogen-bond acceptors (Lipinski definition) is 2. The van der Waals surface area contributed by atoms with E-state index in [1.165, 1.54) is 6.42 Å². The molecule has 210 valence electrons. The second-order valence-electron chi connectivity index (χ2n) is 11.9. The molecule has 36 heavy (non-hydrogen) atoms. The van der Waals surface area contributed by atoms with Crippen molar-refractivity contribution in [1.82, 2.24) is 0 Å². The third-order valence-corrected chi connectivity index (χ3v) is 9.72. The minimum absolute atomic E-state index is 0.0830. The molecule has 0 aromatic carbocycles. The number of rotatable bonds is 6. The monoisotopic (exact) mass is 530 g/mol. The molecular weight excluding hydrogens is 489 g/mol. The summed E-state index contributed by atoms with van der Waals surface area (Å²) in [5.74, 6) is -2.86. The van der Waals surface area contributed by atoms with E-state index in [9.17, 15) is 22.0 Å². The van der Waals surface area contributed by atoms with Gasteiger partial charge in [0.25, 0.3) is 0 Å². The fourth-order valence-electron chi connectivity index (χ4n) is 7.21. The van der Waals surface area contributed by atoms with Gasteiger partial charge in [0.1, 0.15) is 30.6 Å². The van der Waals surface area contributed by atoms with Gasteiger partial charge >= 0.3 is 6.11 Å². The molecule has 0 bridgehead atoms. The lowest BCUT2D eigenvalue weighted by atomic mass is 9.67. The molecule has 2 nitrogen and oxygen atoms in total.